The van der Waals surface area contributed by atoms with E-state index in [9.17, 15) is 14.0 Å². The number of aryl methyl sites for hydroxylation is 1. The zero-order valence-electron chi connectivity index (χ0n) is 22.0. The number of rotatable bonds is 7. The van der Waals surface area contributed by atoms with E-state index < -0.39 is 0 Å². The minimum atomic E-state index is -0.352. The van der Waals surface area contributed by atoms with Gasteiger partial charge in [-0.3, -0.25) is 9.59 Å². The smallest absolute Gasteiger partial charge is 0.281 e. The first kappa shape index (κ1) is 26.0. The lowest BCUT2D eigenvalue weighted by Gasteiger charge is -2.30. The molecule has 2 aliphatic rings. The van der Waals surface area contributed by atoms with Crippen molar-refractivity contribution in [1.82, 2.24) is 9.91 Å². The van der Waals surface area contributed by atoms with Crippen LogP contribution in [0.1, 0.15) is 50.0 Å². The van der Waals surface area contributed by atoms with Gasteiger partial charge in [0.1, 0.15) is 11.6 Å². The van der Waals surface area contributed by atoms with Crippen LogP contribution in [0.2, 0.25) is 0 Å². The van der Waals surface area contributed by atoms with Gasteiger partial charge in [0.05, 0.1) is 16.6 Å². The highest BCUT2D eigenvalue weighted by Crippen LogP contribution is 2.34. The number of benzene rings is 3. The molecule has 0 bridgehead atoms. The fourth-order valence-corrected chi connectivity index (χ4v) is 6.06. The molecule has 0 N–H and O–H groups in total. The second kappa shape index (κ2) is 11.1. The van der Waals surface area contributed by atoms with Crippen LogP contribution in [-0.2, 0) is 17.8 Å². The molecule has 8 heteroatoms. The Morgan fingerprint density at radius 2 is 1.90 bits per heavy atom. The lowest BCUT2D eigenvalue weighted by Crippen LogP contribution is -2.37. The Balaban J connectivity index is 1.18. The van der Waals surface area contributed by atoms with Crippen LogP contribution in [0.5, 0.6) is 5.75 Å². The van der Waals surface area contributed by atoms with E-state index in [1.165, 1.54) is 17.1 Å². The van der Waals surface area contributed by atoms with Crippen molar-refractivity contribution in [3.8, 4) is 5.75 Å². The molecule has 0 saturated carbocycles. The number of amides is 2. The number of thiophene rings is 1. The third-order valence-electron chi connectivity index (χ3n) is 7.32. The molecule has 6 rings (SSSR count). The van der Waals surface area contributed by atoms with Crippen LogP contribution in [0.4, 0.5) is 4.39 Å². The molecule has 2 amide bonds. The number of hydrazone groups is 1. The zero-order chi connectivity index (χ0) is 27.6. The fraction of sp³-hybridized carbons (Fsp3) is 0.219. The normalized spacial score (nSPS) is 16.6. The standard InChI is InChI=1S/C32H28FN3O3S/c1-21-5-2-6-22(17-21)19-35-15-14-25-26(32(35)38)7-3-8-29(25)39-20-31(37)36-28(23-10-12-24(33)13-11-23)18-27(34-36)30-9-4-16-40-30/h2-13,16-17,28H,14-15,18-20H2,1H3. The Morgan fingerprint density at radius 3 is 2.67 bits per heavy atom. The average Bonchev–Trinajstić information content (AvgIpc) is 3.65. The number of fused-ring (bicyclic) bond motifs is 1. The molecule has 202 valence electrons. The van der Waals surface area contributed by atoms with Gasteiger partial charge in [-0.1, -0.05) is 54.1 Å². The minimum absolute atomic E-state index is 0.0411. The third-order valence-corrected chi connectivity index (χ3v) is 8.23. The van der Waals surface area contributed by atoms with Gasteiger partial charge in [0.15, 0.2) is 6.61 Å². The first-order chi connectivity index (χ1) is 19.5. The van der Waals surface area contributed by atoms with Crippen molar-refractivity contribution < 1.29 is 18.7 Å². The van der Waals surface area contributed by atoms with E-state index in [0.29, 0.717) is 37.2 Å². The maximum absolute atomic E-state index is 13.6. The molecule has 0 radical (unpaired) electrons. The lowest BCUT2D eigenvalue weighted by molar-refractivity contribution is -0.135. The van der Waals surface area contributed by atoms with E-state index >= 15 is 0 Å². The molecule has 0 spiro atoms. The molecule has 0 aliphatic carbocycles. The summed E-state index contributed by atoms with van der Waals surface area (Å²) in [6.07, 6.45) is 1.17. The van der Waals surface area contributed by atoms with Crippen molar-refractivity contribution in [2.45, 2.75) is 32.4 Å². The monoisotopic (exact) mass is 553 g/mol. The lowest BCUT2D eigenvalue weighted by atomic mass is 9.97. The van der Waals surface area contributed by atoms with Crippen LogP contribution in [0.3, 0.4) is 0 Å². The third kappa shape index (κ3) is 5.27. The Bertz CT molecular complexity index is 1580. The number of carbonyl (C=O) groups is 2. The van der Waals surface area contributed by atoms with Crippen molar-refractivity contribution in [3.05, 3.63) is 123 Å². The summed E-state index contributed by atoms with van der Waals surface area (Å²) < 4.78 is 19.6. The Morgan fingerprint density at radius 1 is 1.07 bits per heavy atom. The highest BCUT2D eigenvalue weighted by Gasteiger charge is 2.34. The van der Waals surface area contributed by atoms with Gasteiger partial charge in [0.2, 0.25) is 0 Å². The summed E-state index contributed by atoms with van der Waals surface area (Å²) in [6.45, 7) is 2.94. The maximum atomic E-state index is 13.6. The largest absolute Gasteiger partial charge is 0.483 e. The Hall–Kier alpha value is -4.30. The average molecular weight is 554 g/mol. The van der Waals surface area contributed by atoms with Gasteiger partial charge >= 0.3 is 0 Å². The van der Waals surface area contributed by atoms with Gasteiger partial charge in [0.25, 0.3) is 11.8 Å². The van der Waals surface area contributed by atoms with Gasteiger partial charge in [-0.15, -0.1) is 11.3 Å². The molecule has 4 aromatic rings. The molecular weight excluding hydrogens is 525 g/mol. The summed E-state index contributed by atoms with van der Waals surface area (Å²) in [6, 6.07) is 23.3. The van der Waals surface area contributed by atoms with Crippen LogP contribution in [-0.4, -0.2) is 40.6 Å². The molecule has 0 saturated heterocycles. The van der Waals surface area contributed by atoms with Gasteiger partial charge < -0.3 is 9.64 Å². The summed E-state index contributed by atoms with van der Waals surface area (Å²) >= 11 is 1.56. The number of ether oxygens (including phenoxy) is 1. The molecule has 0 fully saturated rings. The van der Waals surface area contributed by atoms with Crippen molar-refractivity contribution in [2.75, 3.05) is 13.2 Å². The number of nitrogens with zero attached hydrogens (tertiary/aromatic N) is 3. The van der Waals surface area contributed by atoms with E-state index in [4.69, 9.17) is 4.74 Å². The predicted molar refractivity (Wildman–Crippen MR) is 153 cm³/mol. The summed E-state index contributed by atoms with van der Waals surface area (Å²) in [7, 11) is 0. The molecule has 3 aromatic carbocycles. The quantitative estimate of drug-likeness (QED) is 0.276. The molecule has 1 aromatic heterocycles. The summed E-state index contributed by atoms with van der Waals surface area (Å²) in [5.74, 6) is -0.139. The molecule has 3 heterocycles. The van der Waals surface area contributed by atoms with Gasteiger partial charge in [0, 0.05) is 30.6 Å². The number of hydrogen-bond acceptors (Lipinski definition) is 5. The number of halogens is 1. The molecule has 2 aliphatic heterocycles. The molecule has 1 unspecified atom stereocenters. The minimum Gasteiger partial charge on any atom is -0.483 e. The van der Waals surface area contributed by atoms with Crippen molar-refractivity contribution >= 4 is 28.9 Å². The SMILES string of the molecule is Cc1cccc(CN2CCc3c(OCC(=O)N4N=C(c5cccs5)CC4c4ccc(F)cc4)cccc3C2=O)c1. The van der Waals surface area contributed by atoms with Crippen molar-refractivity contribution in [1.29, 1.82) is 0 Å². The first-order valence-corrected chi connectivity index (χ1v) is 14.1. The van der Waals surface area contributed by atoms with Crippen molar-refractivity contribution in [3.63, 3.8) is 0 Å². The van der Waals surface area contributed by atoms with Crippen molar-refractivity contribution in [2.24, 2.45) is 5.10 Å². The van der Waals surface area contributed by atoms with E-state index in [-0.39, 0.29) is 30.3 Å². The summed E-state index contributed by atoms with van der Waals surface area (Å²) in [5, 5.41) is 8.08. The molecular formula is C32H28FN3O3S. The van der Waals surface area contributed by atoms with Crippen LogP contribution in [0, 0.1) is 12.7 Å². The summed E-state index contributed by atoms with van der Waals surface area (Å²) in [4.78, 5) is 29.6. The van der Waals surface area contributed by atoms with Gasteiger partial charge in [-0.05, 0) is 60.2 Å². The van der Waals surface area contributed by atoms with E-state index in [1.54, 1.807) is 35.6 Å². The molecule has 40 heavy (non-hydrogen) atoms. The number of hydrogen-bond donors (Lipinski definition) is 0. The van der Waals surface area contributed by atoms with E-state index in [0.717, 1.165) is 32.8 Å². The molecule has 1 atom stereocenters. The van der Waals surface area contributed by atoms with Crippen LogP contribution >= 0.6 is 11.3 Å². The highest BCUT2D eigenvalue weighted by molar-refractivity contribution is 7.12. The summed E-state index contributed by atoms with van der Waals surface area (Å²) in [5.41, 5.74) is 5.30. The zero-order valence-corrected chi connectivity index (χ0v) is 22.9. The van der Waals surface area contributed by atoms with Gasteiger partial charge in [-0.2, -0.15) is 5.10 Å². The van der Waals surface area contributed by atoms with E-state index in [2.05, 4.69) is 11.2 Å². The van der Waals surface area contributed by atoms with Crippen LogP contribution < -0.4 is 4.74 Å². The highest BCUT2D eigenvalue weighted by atomic mass is 32.1. The Kier molecular flexibility index (Phi) is 7.17. The van der Waals surface area contributed by atoms with Crippen LogP contribution in [0.25, 0.3) is 0 Å². The maximum Gasteiger partial charge on any atom is 0.281 e. The second-order valence-electron chi connectivity index (χ2n) is 10.1. The van der Waals surface area contributed by atoms with Crippen LogP contribution in [0.15, 0.2) is 89.3 Å². The van der Waals surface area contributed by atoms with Gasteiger partial charge in [-0.25, -0.2) is 9.40 Å². The number of carbonyl (C=O) groups excluding carboxylic acids is 2. The topological polar surface area (TPSA) is 62.2 Å². The van der Waals surface area contributed by atoms with E-state index in [1.807, 2.05) is 53.6 Å². The predicted octanol–water partition coefficient (Wildman–Crippen LogP) is 6.15. The molecule has 6 nitrogen and oxygen atoms in total. The fourth-order valence-electron chi connectivity index (χ4n) is 5.34. The Labute approximate surface area is 236 Å². The second-order valence-corrected chi connectivity index (χ2v) is 11.0. The first-order valence-electron chi connectivity index (χ1n) is 13.2.